The van der Waals surface area contributed by atoms with Crippen molar-refractivity contribution in [2.75, 3.05) is 0 Å². The Labute approximate surface area is 104 Å². The number of benzene rings is 1. The van der Waals surface area contributed by atoms with Gasteiger partial charge in [0.1, 0.15) is 5.78 Å². The number of Topliss-reactive ketones (excluding diaryl/α,β-unsaturated/α-hetero) is 1. The Balaban J connectivity index is 1.77. The number of ketones is 1. The van der Waals surface area contributed by atoms with Crippen LogP contribution in [0.2, 0.25) is 0 Å². The molecule has 17 heavy (non-hydrogen) atoms. The number of hydrogen-bond donors (Lipinski definition) is 0. The average Bonchev–Trinajstić information content (AvgIpc) is 2.79. The number of rotatable bonds is 5. The van der Waals surface area contributed by atoms with E-state index in [4.69, 9.17) is 0 Å². The van der Waals surface area contributed by atoms with Crippen LogP contribution in [0.4, 0.5) is 0 Å². The lowest BCUT2D eigenvalue weighted by Crippen LogP contribution is -2.24. The zero-order valence-corrected chi connectivity index (χ0v) is 10.7. The Morgan fingerprint density at radius 3 is 2.47 bits per heavy atom. The van der Waals surface area contributed by atoms with Crippen LogP contribution in [-0.2, 0) is 11.2 Å². The van der Waals surface area contributed by atoms with Crippen molar-refractivity contribution >= 4 is 5.78 Å². The summed E-state index contributed by atoms with van der Waals surface area (Å²) in [6.45, 7) is 2.16. The molecule has 0 atom stereocenters. The summed E-state index contributed by atoms with van der Waals surface area (Å²) in [5.41, 5.74) is 1.35. The van der Waals surface area contributed by atoms with Gasteiger partial charge in [0.25, 0.3) is 0 Å². The second-order valence-corrected chi connectivity index (χ2v) is 5.53. The van der Waals surface area contributed by atoms with Gasteiger partial charge in [-0.1, -0.05) is 50.1 Å². The zero-order valence-electron chi connectivity index (χ0n) is 10.7. The molecule has 0 heterocycles. The lowest BCUT2D eigenvalue weighted by atomic mass is 9.82. The fourth-order valence-corrected chi connectivity index (χ4v) is 2.83. The minimum atomic E-state index is 0.0106. The van der Waals surface area contributed by atoms with Crippen LogP contribution in [0.1, 0.15) is 51.0 Å². The molecule has 1 fully saturated rings. The second kappa shape index (κ2) is 5.48. The highest BCUT2D eigenvalue weighted by Gasteiger charge is 2.34. The van der Waals surface area contributed by atoms with Gasteiger partial charge in [-0.3, -0.25) is 4.79 Å². The van der Waals surface area contributed by atoms with Gasteiger partial charge in [-0.15, -0.1) is 0 Å². The summed E-state index contributed by atoms with van der Waals surface area (Å²) in [5, 5.41) is 0. The highest BCUT2D eigenvalue weighted by atomic mass is 16.1. The molecule has 1 saturated carbocycles. The van der Waals surface area contributed by atoms with Gasteiger partial charge < -0.3 is 0 Å². The molecule has 1 heteroatoms. The molecular formula is C16H22O. The lowest BCUT2D eigenvalue weighted by molar-refractivity contribution is -0.127. The Morgan fingerprint density at radius 2 is 1.82 bits per heavy atom. The molecule has 92 valence electrons. The molecule has 1 nitrogen and oxygen atoms in total. The highest BCUT2D eigenvalue weighted by molar-refractivity contribution is 5.84. The molecule has 0 unspecified atom stereocenters. The van der Waals surface area contributed by atoms with Gasteiger partial charge in [0.2, 0.25) is 0 Å². The van der Waals surface area contributed by atoms with Crippen LogP contribution < -0.4 is 0 Å². The van der Waals surface area contributed by atoms with E-state index in [1.54, 1.807) is 0 Å². The van der Waals surface area contributed by atoms with Gasteiger partial charge in [0.05, 0.1) is 0 Å². The molecule has 0 bridgehead atoms. The van der Waals surface area contributed by atoms with Gasteiger partial charge in [0, 0.05) is 11.8 Å². The van der Waals surface area contributed by atoms with E-state index in [-0.39, 0.29) is 5.41 Å². The number of aryl methyl sites for hydroxylation is 1. The van der Waals surface area contributed by atoms with Crippen molar-refractivity contribution < 1.29 is 4.79 Å². The maximum absolute atomic E-state index is 12.2. The molecule has 0 spiro atoms. The van der Waals surface area contributed by atoms with Gasteiger partial charge >= 0.3 is 0 Å². The van der Waals surface area contributed by atoms with Crippen LogP contribution in [0.15, 0.2) is 30.3 Å². The fourth-order valence-electron chi connectivity index (χ4n) is 2.83. The van der Waals surface area contributed by atoms with Crippen molar-refractivity contribution in [2.24, 2.45) is 5.41 Å². The third-order valence-corrected chi connectivity index (χ3v) is 4.09. The highest BCUT2D eigenvalue weighted by Crippen LogP contribution is 2.39. The van der Waals surface area contributed by atoms with E-state index in [1.807, 2.05) is 6.07 Å². The summed E-state index contributed by atoms with van der Waals surface area (Å²) in [5.74, 6) is 0.492. The molecule has 1 aromatic carbocycles. The maximum Gasteiger partial charge on any atom is 0.138 e. The first-order valence-electron chi connectivity index (χ1n) is 6.78. The van der Waals surface area contributed by atoms with Crippen molar-refractivity contribution in [3.63, 3.8) is 0 Å². The molecule has 0 N–H and O–H groups in total. The predicted molar refractivity (Wildman–Crippen MR) is 71.0 cm³/mol. The lowest BCUT2D eigenvalue weighted by Gasteiger charge is -2.21. The minimum absolute atomic E-state index is 0.0106. The Hall–Kier alpha value is -1.11. The van der Waals surface area contributed by atoms with Crippen molar-refractivity contribution in [3.8, 4) is 0 Å². The summed E-state index contributed by atoms with van der Waals surface area (Å²) in [6.07, 6.45) is 7.47. The van der Waals surface area contributed by atoms with E-state index in [0.717, 1.165) is 32.1 Å². The second-order valence-electron chi connectivity index (χ2n) is 5.53. The van der Waals surface area contributed by atoms with Crippen LogP contribution >= 0.6 is 0 Å². The first-order valence-corrected chi connectivity index (χ1v) is 6.78. The van der Waals surface area contributed by atoms with Crippen molar-refractivity contribution in [3.05, 3.63) is 35.9 Å². The van der Waals surface area contributed by atoms with Gasteiger partial charge in [0.15, 0.2) is 0 Å². The first-order chi connectivity index (χ1) is 8.21. The molecular weight excluding hydrogens is 208 g/mol. The summed E-state index contributed by atoms with van der Waals surface area (Å²) < 4.78 is 0. The third-order valence-electron chi connectivity index (χ3n) is 4.09. The monoisotopic (exact) mass is 230 g/mol. The molecule has 1 aliphatic rings. The number of carbonyl (C=O) groups is 1. The Morgan fingerprint density at radius 1 is 1.18 bits per heavy atom. The van der Waals surface area contributed by atoms with Crippen molar-refractivity contribution in [2.45, 2.75) is 51.9 Å². The van der Waals surface area contributed by atoms with Crippen molar-refractivity contribution in [1.29, 1.82) is 0 Å². The van der Waals surface area contributed by atoms with Crippen LogP contribution in [0, 0.1) is 5.41 Å². The SMILES string of the molecule is CC1(C(=O)CCCc2ccccc2)CCCC1. The van der Waals surface area contributed by atoms with E-state index in [2.05, 4.69) is 31.2 Å². The van der Waals surface area contributed by atoms with E-state index >= 15 is 0 Å². The van der Waals surface area contributed by atoms with Gasteiger partial charge in [-0.25, -0.2) is 0 Å². The minimum Gasteiger partial charge on any atom is -0.299 e. The van der Waals surface area contributed by atoms with E-state index in [9.17, 15) is 4.79 Å². The summed E-state index contributed by atoms with van der Waals surface area (Å²) in [7, 11) is 0. The van der Waals surface area contributed by atoms with Crippen LogP contribution in [0.3, 0.4) is 0 Å². The molecule has 1 aliphatic carbocycles. The van der Waals surface area contributed by atoms with Gasteiger partial charge in [-0.05, 0) is 31.2 Å². The molecule has 1 aromatic rings. The largest absolute Gasteiger partial charge is 0.299 e. The molecule has 0 aliphatic heterocycles. The summed E-state index contributed by atoms with van der Waals surface area (Å²) in [6, 6.07) is 10.4. The normalized spacial score (nSPS) is 18.2. The topological polar surface area (TPSA) is 17.1 Å². The molecule has 0 saturated heterocycles. The van der Waals surface area contributed by atoms with Crippen molar-refractivity contribution in [1.82, 2.24) is 0 Å². The quantitative estimate of drug-likeness (QED) is 0.742. The summed E-state index contributed by atoms with van der Waals surface area (Å²) in [4.78, 5) is 12.2. The van der Waals surface area contributed by atoms with Crippen LogP contribution in [-0.4, -0.2) is 5.78 Å². The molecule has 2 rings (SSSR count). The third kappa shape index (κ3) is 3.18. The number of hydrogen-bond acceptors (Lipinski definition) is 1. The van der Waals surface area contributed by atoms with E-state index in [0.29, 0.717) is 5.78 Å². The average molecular weight is 230 g/mol. The van der Waals surface area contributed by atoms with E-state index in [1.165, 1.54) is 18.4 Å². The molecule has 0 aromatic heterocycles. The first kappa shape index (κ1) is 12.3. The number of carbonyl (C=O) groups excluding carboxylic acids is 1. The maximum atomic E-state index is 12.2. The standard InChI is InChI=1S/C16H22O/c1-16(12-5-6-13-16)15(17)11-7-10-14-8-3-2-4-9-14/h2-4,8-9H,5-7,10-13H2,1H3. The molecule has 0 radical (unpaired) electrons. The zero-order chi connectivity index (χ0) is 12.1. The smallest absolute Gasteiger partial charge is 0.138 e. The summed E-state index contributed by atoms with van der Waals surface area (Å²) >= 11 is 0. The van der Waals surface area contributed by atoms with Crippen LogP contribution in [0.25, 0.3) is 0 Å². The molecule has 0 amide bonds. The van der Waals surface area contributed by atoms with Crippen LogP contribution in [0.5, 0.6) is 0 Å². The Bertz CT molecular complexity index is 360. The van der Waals surface area contributed by atoms with E-state index < -0.39 is 0 Å². The predicted octanol–water partition coefficient (Wildman–Crippen LogP) is 4.16. The fraction of sp³-hybridized carbons (Fsp3) is 0.562. The Kier molecular flexibility index (Phi) is 3.98. The van der Waals surface area contributed by atoms with Gasteiger partial charge in [-0.2, -0.15) is 0 Å².